The number of fused-ring (bicyclic) bond motifs is 1. The first-order valence-electron chi connectivity index (χ1n) is 9.07. The average Bonchev–Trinajstić information content (AvgIpc) is 3.10. The molecule has 2 aromatic rings. The van der Waals surface area contributed by atoms with Gasteiger partial charge in [0.15, 0.2) is 0 Å². The zero-order valence-electron chi connectivity index (χ0n) is 15.0. The first-order chi connectivity index (χ1) is 11.5. The summed E-state index contributed by atoms with van der Waals surface area (Å²) < 4.78 is 8.21. The molecule has 4 rings (SSSR count). The molecule has 24 heavy (non-hydrogen) atoms. The van der Waals surface area contributed by atoms with Gasteiger partial charge in [0.2, 0.25) is 0 Å². The molecular weight excluding hydrogens is 298 g/mol. The van der Waals surface area contributed by atoms with Crippen LogP contribution in [0, 0.1) is 0 Å². The number of aromatic nitrogens is 2. The molecule has 0 N–H and O–H groups in total. The first kappa shape index (κ1) is 15.9. The van der Waals surface area contributed by atoms with Gasteiger partial charge in [0.05, 0.1) is 23.1 Å². The molecule has 128 valence electrons. The van der Waals surface area contributed by atoms with E-state index in [0.29, 0.717) is 0 Å². The lowest BCUT2D eigenvalue weighted by Gasteiger charge is -2.41. The highest BCUT2D eigenvalue weighted by molar-refractivity contribution is 5.39. The number of nitrogens with zero attached hydrogens (tertiary/aromatic N) is 3. The van der Waals surface area contributed by atoms with Crippen LogP contribution in [0.2, 0.25) is 0 Å². The minimum absolute atomic E-state index is 0.0805. The van der Waals surface area contributed by atoms with Crippen LogP contribution in [0.1, 0.15) is 44.1 Å². The van der Waals surface area contributed by atoms with Crippen molar-refractivity contribution in [2.45, 2.75) is 58.3 Å². The van der Waals surface area contributed by atoms with E-state index in [2.05, 4.69) is 60.7 Å². The summed E-state index contributed by atoms with van der Waals surface area (Å²) in [6.07, 6.45) is 3.83. The standard InChI is InChI=1S/C20H27N3O/c1-15-12-22(14-20(2,3)24-15)13-18-17-10-7-11-19(17)23(21-18)16-8-5-4-6-9-16/h4-6,8-9,15H,7,10-14H2,1-3H3/t15-/m0/s1. The molecule has 0 amide bonds. The van der Waals surface area contributed by atoms with Crippen molar-refractivity contribution < 1.29 is 4.74 Å². The predicted molar refractivity (Wildman–Crippen MR) is 95.5 cm³/mol. The Morgan fingerprint density at radius 1 is 1.21 bits per heavy atom. The molecule has 1 aliphatic heterocycles. The van der Waals surface area contributed by atoms with E-state index in [9.17, 15) is 0 Å². The smallest absolute Gasteiger partial charge is 0.0804 e. The van der Waals surface area contributed by atoms with Crippen LogP contribution in [0.15, 0.2) is 30.3 Å². The average molecular weight is 325 g/mol. The molecule has 1 aliphatic carbocycles. The van der Waals surface area contributed by atoms with Crippen molar-refractivity contribution >= 4 is 0 Å². The number of hydrogen-bond acceptors (Lipinski definition) is 3. The quantitative estimate of drug-likeness (QED) is 0.867. The van der Waals surface area contributed by atoms with Gasteiger partial charge in [0.1, 0.15) is 0 Å². The Bertz CT molecular complexity index is 720. The van der Waals surface area contributed by atoms with Crippen molar-refractivity contribution in [1.29, 1.82) is 0 Å². The Balaban J connectivity index is 1.63. The number of hydrogen-bond donors (Lipinski definition) is 0. The molecule has 1 fully saturated rings. The fourth-order valence-corrected chi connectivity index (χ4v) is 4.34. The van der Waals surface area contributed by atoms with Gasteiger partial charge >= 0.3 is 0 Å². The highest BCUT2D eigenvalue weighted by atomic mass is 16.5. The van der Waals surface area contributed by atoms with E-state index >= 15 is 0 Å². The largest absolute Gasteiger partial charge is 0.370 e. The van der Waals surface area contributed by atoms with Crippen molar-refractivity contribution in [1.82, 2.24) is 14.7 Å². The second kappa shape index (κ2) is 6.01. The van der Waals surface area contributed by atoms with Crippen molar-refractivity contribution in [3.63, 3.8) is 0 Å². The van der Waals surface area contributed by atoms with E-state index in [0.717, 1.165) is 26.1 Å². The zero-order chi connectivity index (χ0) is 16.7. The highest BCUT2D eigenvalue weighted by Crippen LogP contribution is 2.30. The van der Waals surface area contributed by atoms with Gasteiger partial charge in [-0.15, -0.1) is 0 Å². The van der Waals surface area contributed by atoms with Gasteiger partial charge in [-0.05, 0) is 57.7 Å². The lowest BCUT2D eigenvalue weighted by Crippen LogP contribution is -2.51. The number of ether oxygens (including phenoxy) is 1. The molecule has 0 bridgehead atoms. The van der Waals surface area contributed by atoms with Gasteiger partial charge in [-0.2, -0.15) is 5.10 Å². The second-order valence-electron chi connectivity index (χ2n) is 7.83. The van der Waals surface area contributed by atoms with Crippen molar-refractivity contribution in [3.8, 4) is 5.69 Å². The SMILES string of the molecule is C[C@H]1CN(Cc2nn(-c3ccccc3)c3c2CCC3)CC(C)(C)O1. The predicted octanol–water partition coefficient (Wildman–Crippen LogP) is 3.36. The van der Waals surface area contributed by atoms with Crippen LogP contribution < -0.4 is 0 Å². The molecular formula is C20H27N3O. The maximum absolute atomic E-state index is 6.04. The first-order valence-corrected chi connectivity index (χ1v) is 9.07. The van der Waals surface area contributed by atoms with E-state index in [1.807, 2.05) is 0 Å². The maximum atomic E-state index is 6.04. The summed E-state index contributed by atoms with van der Waals surface area (Å²) >= 11 is 0. The molecule has 0 radical (unpaired) electrons. The van der Waals surface area contributed by atoms with Crippen LogP contribution in [-0.4, -0.2) is 39.5 Å². The van der Waals surface area contributed by atoms with Crippen LogP contribution in [0.25, 0.3) is 5.69 Å². The zero-order valence-corrected chi connectivity index (χ0v) is 15.0. The molecule has 1 saturated heterocycles. The Morgan fingerprint density at radius 3 is 2.75 bits per heavy atom. The highest BCUT2D eigenvalue weighted by Gasteiger charge is 2.33. The monoisotopic (exact) mass is 325 g/mol. The molecule has 2 heterocycles. The third-order valence-electron chi connectivity index (χ3n) is 5.03. The van der Waals surface area contributed by atoms with Gasteiger partial charge in [-0.1, -0.05) is 18.2 Å². The molecule has 4 nitrogen and oxygen atoms in total. The molecule has 1 aromatic heterocycles. The third kappa shape index (κ3) is 3.01. The minimum atomic E-state index is -0.0805. The van der Waals surface area contributed by atoms with Crippen molar-refractivity contribution in [2.75, 3.05) is 13.1 Å². The van der Waals surface area contributed by atoms with Crippen molar-refractivity contribution in [2.24, 2.45) is 0 Å². The summed E-state index contributed by atoms with van der Waals surface area (Å²) in [5, 5.41) is 5.00. The van der Waals surface area contributed by atoms with Crippen LogP contribution in [0.4, 0.5) is 0 Å². The Hall–Kier alpha value is -1.65. The van der Waals surface area contributed by atoms with Crippen LogP contribution in [0.3, 0.4) is 0 Å². The van der Waals surface area contributed by atoms with Crippen LogP contribution in [-0.2, 0) is 24.1 Å². The number of benzene rings is 1. The molecule has 0 unspecified atom stereocenters. The van der Waals surface area contributed by atoms with E-state index in [-0.39, 0.29) is 11.7 Å². The Morgan fingerprint density at radius 2 is 2.00 bits per heavy atom. The summed E-state index contributed by atoms with van der Waals surface area (Å²) in [4.78, 5) is 2.50. The van der Waals surface area contributed by atoms with Gasteiger partial charge in [-0.3, -0.25) is 4.90 Å². The van der Waals surface area contributed by atoms with E-state index in [4.69, 9.17) is 9.84 Å². The third-order valence-corrected chi connectivity index (χ3v) is 5.03. The summed E-state index contributed by atoms with van der Waals surface area (Å²) in [5.74, 6) is 0. The molecule has 0 saturated carbocycles. The summed E-state index contributed by atoms with van der Waals surface area (Å²) in [6, 6.07) is 10.5. The van der Waals surface area contributed by atoms with E-state index < -0.39 is 0 Å². The fourth-order valence-electron chi connectivity index (χ4n) is 4.34. The Labute approximate surface area is 144 Å². The molecule has 0 spiro atoms. The number of para-hydroxylation sites is 1. The van der Waals surface area contributed by atoms with Gasteiger partial charge in [0, 0.05) is 25.3 Å². The number of morpholine rings is 1. The van der Waals surface area contributed by atoms with Crippen LogP contribution in [0.5, 0.6) is 0 Å². The molecule has 1 atom stereocenters. The number of rotatable bonds is 3. The van der Waals surface area contributed by atoms with Gasteiger partial charge in [-0.25, -0.2) is 4.68 Å². The molecule has 1 aromatic carbocycles. The van der Waals surface area contributed by atoms with E-state index in [1.54, 1.807) is 0 Å². The minimum Gasteiger partial charge on any atom is -0.370 e. The van der Waals surface area contributed by atoms with E-state index in [1.165, 1.54) is 35.5 Å². The topological polar surface area (TPSA) is 30.3 Å². The second-order valence-corrected chi connectivity index (χ2v) is 7.83. The summed E-state index contributed by atoms with van der Waals surface area (Å²) in [5.41, 5.74) is 5.25. The molecule has 2 aliphatic rings. The van der Waals surface area contributed by atoms with Gasteiger partial charge < -0.3 is 4.74 Å². The summed E-state index contributed by atoms with van der Waals surface area (Å²) in [7, 11) is 0. The Kier molecular flexibility index (Phi) is 3.97. The van der Waals surface area contributed by atoms with Crippen LogP contribution >= 0.6 is 0 Å². The van der Waals surface area contributed by atoms with Crippen molar-refractivity contribution in [3.05, 3.63) is 47.3 Å². The normalized spacial score (nSPS) is 23.4. The maximum Gasteiger partial charge on any atom is 0.0804 e. The molecule has 4 heteroatoms. The summed E-state index contributed by atoms with van der Waals surface area (Å²) in [6.45, 7) is 9.41. The van der Waals surface area contributed by atoms with Gasteiger partial charge in [0.25, 0.3) is 0 Å². The lowest BCUT2D eigenvalue weighted by atomic mass is 10.0. The fraction of sp³-hybridized carbons (Fsp3) is 0.550. The lowest BCUT2D eigenvalue weighted by molar-refractivity contribution is -0.131.